The average molecular weight is 252 g/mol. The second kappa shape index (κ2) is 4.76. The average Bonchev–Trinajstić information content (AvgIpc) is 2.75. The van der Waals surface area contributed by atoms with Gasteiger partial charge in [0.2, 0.25) is 0 Å². The lowest BCUT2D eigenvalue weighted by molar-refractivity contribution is 0.415. The quantitative estimate of drug-likeness (QED) is 0.714. The van der Waals surface area contributed by atoms with Crippen molar-refractivity contribution in [2.45, 2.75) is 13.5 Å². The van der Waals surface area contributed by atoms with Crippen LogP contribution in [0.4, 0.5) is 0 Å². The Morgan fingerprint density at radius 2 is 2.05 bits per heavy atom. The molecule has 2 heterocycles. The van der Waals surface area contributed by atoms with Crippen molar-refractivity contribution in [1.82, 2.24) is 9.55 Å². The van der Waals surface area contributed by atoms with Gasteiger partial charge < -0.3 is 9.30 Å². The molecular formula is C16H16N2O. The number of pyridine rings is 1. The van der Waals surface area contributed by atoms with Gasteiger partial charge in [0, 0.05) is 22.8 Å². The summed E-state index contributed by atoms with van der Waals surface area (Å²) in [6.07, 6.45) is 1.83. The molecule has 0 aliphatic carbocycles. The maximum atomic E-state index is 5.27. The number of aromatic nitrogens is 2. The van der Waals surface area contributed by atoms with Crippen molar-refractivity contribution < 1.29 is 4.74 Å². The number of hydrogen-bond acceptors (Lipinski definition) is 2. The Labute approximate surface area is 112 Å². The van der Waals surface area contributed by atoms with E-state index in [1.807, 2.05) is 24.4 Å². The van der Waals surface area contributed by atoms with Crippen LogP contribution in [0.15, 0.2) is 48.7 Å². The fraction of sp³-hybridized carbons (Fsp3) is 0.188. The Hall–Kier alpha value is -2.29. The van der Waals surface area contributed by atoms with E-state index in [-0.39, 0.29) is 0 Å². The lowest BCUT2D eigenvalue weighted by atomic mass is 10.2. The number of rotatable bonds is 3. The van der Waals surface area contributed by atoms with Gasteiger partial charge in [0.1, 0.15) is 5.75 Å². The molecule has 3 aromatic rings. The molecule has 2 aromatic heterocycles. The van der Waals surface area contributed by atoms with Crippen molar-refractivity contribution in [3.63, 3.8) is 0 Å². The van der Waals surface area contributed by atoms with E-state index in [1.165, 1.54) is 16.6 Å². The Morgan fingerprint density at radius 1 is 1.16 bits per heavy atom. The first kappa shape index (κ1) is 11.8. The molecule has 0 N–H and O–H groups in total. The minimum absolute atomic E-state index is 0.794. The van der Waals surface area contributed by atoms with Gasteiger partial charge in [0.05, 0.1) is 19.3 Å². The van der Waals surface area contributed by atoms with Gasteiger partial charge in [0.25, 0.3) is 0 Å². The molecule has 0 saturated heterocycles. The van der Waals surface area contributed by atoms with Crippen LogP contribution in [0.3, 0.4) is 0 Å². The van der Waals surface area contributed by atoms with Crippen LogP contribution in [-0.4, -0.2) is 16.7 Å². The molecule has 0 amide bonds. The van der Waals surface area contributed by atoms with Crippen LogP contribution in [0.25, 0.3) is 10.9 Å². The van der Waals surface area contributed by atoms with Gasteiger partial charge in [-0.05, 0) is 43.3 Å². The highest BCUT2D eigenvalue weighted by Gasteiger charge is 2.07. The lowest BCUT2D eigenvalue weighted by Crippen LogP contribution is -2.02. The molecular weight excluding hydrogens is 236 g/mol. The van der Waals surface area contributed by atoms with Gasteiger partial charge in [-0.2, -0.15) is 0 Å². The Morgan fingerprint density at radius 3 is 2.79 bits per heavy atom. The van der Waals surface area contributed by atoms with Gasteiger partial charge in [-0.25, -0.2) is 0 Å². The van der Waals surface area contributed by atoms with Crippen molar-refractivity contribution >= 4 is 10.9 Å². The third-order valence-electron chi connectivity index (χ3n) is 3.36. The zero-order chi connectivity index (χ0) is 13.2. The summed E-state index contributed by atoms with van der Waals surface area (Å²) in [6, 6.07) is 14.4. The highest BCUT2D eigenvalue weighted by molar-refractivity contribution is 5.83. The minimum Gasteiger partial charge on any atom is -0.497 e. The predicted molar refractivity (Wildman–Crippen MR) is 76.6 cm³/mol. The smallest absolute Gasteiger partial charge is 0.119 e. The van der Waals surface area contributed by atoms with Gasteiger partial charge in [0.15, 0.2) is 0 Å². The second-order valence-corrected chi connectivity index (χ2v) is 4.62. The topological polar surface area (TPSA) is 27.1 Å². The molecule has 96 valence electrons. The summed E-state index contributed by atoms with van der Waals surface area (Å²) < 4.78 is 7.54. The summed E-state index contributed by atoms with van der Waals surface area (Å²) in [5.74, 6) is 0.891. The Balaban J connectivity index is 2.06. The van der Waals surface area contributed by atoms with Crippen molar-refractivity contribution in [2.75, 3.05) is 7.11 Å². The first-order valence-corrected chi connectivity index (χ1v) is 6.32. The van der Waals surface area contributed by atoms with Gasteiger partial charge in [-0.3, -0.25) is 4.98 Å². The summed E-state index contributed by atoms with van der Waals surface area (Å²) in [4.78, 5) is 4.39. The van der Waals surface area contributed by atoms with E-state index in [0.717, 1.165) is 18.0 Å². The summed E-state index contributed by atoms with van der Waals surface area (Å²) >= 11 is 0. The van der Waals surface area contributed by atoms with Crippen molar-refractivity contribution in [1.29, 1.82) is 0 Å². The van der Waals surface area contributed by atoms with Gasteiger partial charge in [-0.1, -0.05) is 6.07 Å². The highest BCUT2D eigenvalue weighted by atomic mass is 16.5. The molecule has 3 nitrogen and oxygen atoms in total. The molecule has 0 atom stereocenters. The zero-order valence-electron chi connectivity index (χ0n) is 11.1. The largest absolute Gasteiger partial charge is 0.497 e. The number of benzene rings is 1. The van der Waals surface area contributed by atoms with Crippen LogP contribution in [0, 0.1) is 6.92 Å². The molecule has 0 aliphatic heterocycles. The molecule has 0 unspecified atom stereocenters. The van der Waals surface area contributed by atoms with E-state index in [4.69, 9.17) is 4.74 Å². The second-order valence-electron chi connectivity index (χ2n) is 4.62. The van der Waals surface area contributed by atoms with E-state index < -0.39 is 0 Å². The third-order valence-corrected chi connectivity index (χ3v) is 3.36. The Kier molecular flexibility index (Phi) is 2.95. The number of ether oxygens (including phenoxy) is 1. The highest BCUT2D eigenvalue weighted by Crippen LogP contribution is 2.24. The van der Waals surface area contributed by atoms with Gasteiger partial charge >= 0.3 is 0 Å². The number of aryl methyl sites for hydroxylation is 1. The van der Waals surface area contributed by atoms with Crippen LogP contribution >= 0.6 is 0 Å². The number of hydrogen-bond donors (Lipinski definition) is 0. The summed E-state index contributed by atoms with van der Waals surface area (Å²) in [7, 11) is 1.69. The van der Waals surface area contributed by atoms with Crippen molar-refractivity contribution in [2.24, 2.45) is 0 Å². The molecule has 1 aromatic carbocycles. The number of nitrogens with zero attached hydrogens (tertiary/aromatic N) is 2. The summed E-state index contributed by atoms with van der Waals surface area (Å²) in [5, 5.41) is 1.20. The monoisotopic (exact) mass is 252 g/mol. The summed E-state index contributed by atoms with van der Waals surface area (Å²) in [6.45, 7) is 2.91. The summed E-state index contributed by atoms with van der Waals surface area (Å²) in [5.41, 5.74) is 3.51. The maximum Gasteiger partial charge on any atom is 0.119 e. The van der Waals surface area contributed by atoms with Crippen LogP contribution < -0.4 is 4.74 Å². The van der Waals surface area contributed by atoms with E-state index in [0.29, 0.717) is 0 Å². The van der Waals surface area contributed by atoms with Crippen LogP contribution in [0.5, 0.6) is 5.75 Å². The van der Waals surface area contributed by atoms with E-state index in [1.54, 1.807) is 7.11 Å². The van der Waals surface area contributed by atoms with E-state index in [2.05, 4.69) is 40.7 Å². The van der Waals surface area contributed by atoms with Crippen LogP contribution in [0.1, 0.15) is 11.4 Å². The van der Waals surface area contributed by atoms with Crippen LogP contribution in [-0.2, 0) is 6.54 Å². The van der Waals surface area contributed by atoms with Crippen molar-refractivity contribution in [3.8, 4) is 5.75 Å². The van der Waals surface area contributed by atoms with E-state index >= 15 is 0 Å². The van der Waals surface area contributed by atoms with Crippen molar-refractivity contribution in [3.05, 3.63) is 60.0 Å². The molecule has 19 heavy (non-hydrogen) atoms. The maximum absolute atomic E-state index is 5.27. The fourth-order valence-electron chi connectivity index (χ4n) is 2.38. The first-order chi connectivity index (χ1) is 9.28. The Bertz CT molecular complexity index is 701. The molecule has 0 aliphatic rings. The molecule has 3 heteroatoms. The molecule has 0 fully saturated rings. The van der Waals surface area contributed by atoms with Gasteiger partial charge in [-0.15, -0.1) is 0 Å². The molecule has 0 saturated carbocycles. The molecule has 0 radical (unpaired) electrons. The van der Waals surface area contributed by atoms with E-state index in [9.17, 15) is 0 Å². The third kappa shape index (κ3) is 2.19. The number of fused-ring (bicyclic) bond motifs is 1. The SMILES string of the molecule is COc1ccc2c(c1)cc(C)n2Cc1ccccn1. The molecule has 3 rings (SSSR count). The first-order valence-electron chi connectivity index (χ1n) is 6.32. The minimum atomic E-state index is 0.794. The molecule has 0 spiro atoms. The zero-order valence-corrected chi connectivity index (χ0v) is 11.1. The predicted octanol–water partition coefficient (Wildman–Crippen LogP) is 3.40. The molecule has 0 bridgehead atoms. The lowest BCUT2D eigenvalue weighted by Gasteiger charge is -2.08. The standard InChI is InChI=1S/C16H16N2O/c1-12-9-13-10-15(19-2)6-7-16(13)18(12)11-14-5-3-4-8-17-14/h3-10H,11H2,1-2H3. The van der Waals surface area contributed by atoms with Crippen LogP contribution in [0.2, 0.25) is 0 Å². The number of methoxy groups -OCH3 is 1. The fourth-order valence-corrected chi connectivity index (χ4v) is 2.38. The normalized spacial score (nSPS) is 10.8.